The number of furan rings is 1. The Balaban J connectivity index is 2.86. The minimum absolute atomic E-state index is 0.113. The molecule has 5 nitrogen and oxygen atoms in total. The molecule has 0 aliphatic carbocycles. The Morgan fingerprint density at radius 3 is 2.73 bits per heavy atom. The number of nitrogens with two attached hydrogens (primary N) is 2. The van der Waals surface area contributed by atoms with Crippen LogP contribution in [0, 0.1) is 5.41 Å². The number of aliphatic imine (C=N–C) groups is 1. The third kappa shape index (κ3) is 1.82. The number of rotatable bonds is 1. The fourth-order valence-corrected chi connectivity index (χ4v) is 0.609. The van der Waals surface area contributed by atoms with E-state index in [4.69, 9.17) is 21.3 Å². The Morgan fingerprint density at radius 2 is 2.27 bits per heavy atom. The van der Waals surface area contributed by atoms with Crippen molar-refractivity contribution in [1.29, 1.82) is 5.41 Å². The van der Waals surface area contributed by atoms with E-state index in [0.717, 1.165) is 0 Å². The minimum Gasteiger partial charge on any atom is -0.461 e. The van der Waals surface area contributed by atoms with E-state index in [1.165, 1.54) is 6.26 Å². The quantitative estimate of drug-likeness (QED) is 0.386. The first-order chi connectivity index (χ1) is 5.20. The molecule has 1 rings (SSSR count). The molecule has 0 radical (unpaired) electrons. The van der Waals surface area contributed by atoms with Gasteiger partial charge in [-0.15, -0.1) is 0 Å². The van der Waals surface area contributed by atoms with Crippen LogP contribution in [0.5, 0.6) is 0 Å². The highest BCUT2D eigenvalue weighted by molar-refractivity contribution is 6.01. The van der Waals surface area contributed by atoms with Crippen molar-refractivity contribution in [3.63, 3.8) is 0 Å². The van der Waals surface area contributed by atoms with Crippen molar-refractivity contribution < 1.29 is 4.42 Å². The van der Waals surface area contributed by atoms with Crippen molar-refractivity contribution in [3.05, 3.63) is 24.2 Å². The molecule has 0 aliphatic rings. The molecule has 0 fully saturated rings. The highest BCUT2D eigenvalue weighted by Crippen LogP contribution is 1.98. The molecule has 0 unspecified atom stereocenters. The van der Waals surface area contributed by atoms with Gasteiger partial charge in [0.25, 0.3) is 0 Å². The number of nitrogens with one attached hydrogen (secondary N) is 1. The maximum absolute atomic E-state index is 6.80. The maximum atomic E-state index is 6.80. The number of hydrogen-bond acceptors (Lipinski definition) is 2. The summed E-state index contributed by atoms with van der Waals surface area (Å²) in [7, 11) is 0. The molecule has 5 N–H and O–H groups in total. The van der Waals surface area contributed by atoms with Crippen molar-refractivity contribution in [2.45, 2.75) is 0 Å². The molecule has 0 aromatic carbocycles. The topological polar surface area (TPSA) is 101 Å². The smallest absolute Gasteiger partial charge is 0.214 e. The number of hydrogen-bond donors (Lipinski definition) is 3. The zero-order valence-electron chi connectivity index (χ0n) is 5.74. The average Bonchev–Trinajstić information content (AvgIpc) is 2.35. The van der Waals surface area contributed by atoms with Gasteiger partial charge >= 0.3 is 0 Å². The zero-order chi connectivity index (χ0) is 8.27. The van der Waals surface area contributed by atoms with Crippen molar-refractivity contribution in [2.75, 3.05) is 0 Å². The van der Waals surface area contributed by atoms with Gasteiger partial charge in [0, 0.05) is 0 Å². The first-order valence-corrected chi connectivity index (χ1v) is 2.92. The van der Waals surface area contributed by atoms with E-state index in [-0.39, 0.29) is 11.8 Å². The molecule has 0 saturated heterocycles. The van der Waals surface area contributed by atoms with E-state index < -0.39 is 0 Å². The molecule has 1 aromatic rings. The van der Waals surface area contributed by atoms with E-state index in [2.05, 4.69) is 4.99 Å². The third-order valence-corrected chi connectivity index (χ3v) is 1.01. The molecule has 1 heterocycles. The monoisotopic (exact) mass is 152 g/mol. The van der Waals surface area contributed by atoms with Gasteiger partial charge in [-0.05, 0) is 12.1 Å². The SMILES string of the molecule is N=C(N)/N=C(\N)c1ccco1. The van der Waals surface area contributed by atoms with Crippen molar-refractivity contribution >= 4 is 11.8 Å². The lowest BCUT2D eigenvalue weighted by atomic mass is 10.4. The third-order valence-electron chi connectivity index (χ3n) is 1.01. The number of nitrogens with zero attached hydrogens (tertiary/aromatic N) is 1. The summed E-state index contributed by atoms with van der Waals surface area (Å²) in [6.45, 7) is 0. The molecule has 0 aliphatic heterocycles. The number of amidine groups is 1. The predicted octanol–water partition coefficient (Wildman–Crippen LogP) is -0.122. The largest absolute Gasteiger partial charge is 0.461 e. The highest BCUT2D eigenvalue weighted by atomic mass is 16.3. The molecule has 0 atom stereocenters. The molecule has 5 heteroatoms. The van der Waals surface area contributed by atoms with Crippen LogP contribution in [0.1, 0.15) is 5.76 Å². The number of guanidine groups is 1. The van der Waals surface area contributed by atoms with Gasteiger partial charge in [-0.2, -0.15) is 4.99 Å². The Hall–Kier alpha value is -1.78. The van der Waals surface area contributed by atoms with Gasteiger partial charge in [0.05, 0.1) is 6.26 Å². The van der Waals surface area contributed by atoms with Gasteiger partial charge in [-0.1, -0.05) is 0 Å². The second-order valence-corrected chi connectivity index (χ2v) is 1.86. The summed E-state index contributed by atoms with van der Waals surface area (Å²) in [5.41, 5.74) is 10.3. The van der Waals surface area contributed by atoms with E-state index in [0.29, 0.717) is 5.76 Å². The molecule has 0 spiro atoms. The van der Waals surface area contributed by atoms with Crippen LogP contribution in [-0.4, -0.2) is 11.8 Å². The van der Waals surface area contributed by atoms with Crippen LogP contribution in [0.2, 0.25) is 0 Å². The maximum Gasteiger partial charge on any atom is 0.214 e. The van der Waals surface area contributed by atoms with Gasteiger partial charge in [0.1, 0.15) is 0 Å². The van der Waals surface area contributed by atoms with Crippen LogP contribution in [0.15, 0.2) is 27.8 Å². The summed E-state index contributed by atoms with van der Waals surface area (Å²) in [5.74, 6) is 0.196. The van der Waals surface area contributed by atoms with Crippen molar-refractivity contribution in [2.24, 2.45) is 16.5 Å². The first kappa shape index (κ1) is 7.33. The summed E-state index contributed by atoms with van der Waals surface area (Å²) < 4.78 is 4.89. The second kappa shape index (κ2) is 2.87. The summed E-state index contributed by atoms with van der Waals surface area (Å²) in [4.78, 5) is 3.48. The fraction of sp³-hybridized carbons (Fsp3) is 0. The summed E-state index contributed by atoms with van der Waals surface area (Å²) in [6, 6.07) is 3.32. The van der Waals surface area contributed by atoms with Gasteiger partial charge in [0.2, 0.25) is 5.96 Å². The molecule has 58 valence electrons. The lowest BCUT2D eigenvalue weighted by Crippen LogP contribution is -2.18. The van der Waals surface area contributed by atoms with Crippen molar-refractivity contribution in [3.8, 4) is 0 Å². The van der Waals surface area contributed by atoms with E-state index in [1.807, 2.05) is 0 Å². The van der Waals surface area contributed by atoms with Crippen LogP contribution < -0.4 is 11.5 Å². The predicted molar refractivity (Wildman–Crippen MR) is 41.3 cm³/mol. The lowest BCUT2D eigenvalue weighted by molar-refractivity contribution is 0.557. The molecule has 0 saturated carbocycles. The molecule has 11 heavy (non-hydrogen) atoms. The Labute approximate surface area is 63.2 Å². The Morgan fingerprint density at radius 1 is 1.55 bits per heavy atom. The van der Waals surface area contributed by atoms with E-state index >= 15 is 0 Å². The normalized spacial score (nSPS) is 11.5. The van der Waals surface area contributed by atoms with E-state index in [9.17, 15) is 0 Å². The fourth-order valence-electron chi connectivity index (χ4n) is 0.609. The molecule has 0 amide bonds. The second-order valence-electron chi connectivity index (χ2n) is 1.86. The van der Waals surface area contributed by atoms with Crippen LogP contribution in [0.4, 0.5) is 0 Å². The minimum atomic E-state index is -0.334. The standard InChI is InChI=1S/C6H8N4O/c7-5(10-6(8)9)4-2-1-3-11-4/h1-3H,(H5,7,8,9,10). The summed E-state index contributed by atoms with van der Waals surface area (Å²) in [5, 5.41) is 6.80. The van der Waals surface area contributed by atoms with Gasteiger partial charge in [-0.3, -0.25) is 5.41 Å². The van der Waals surface area contributed by atoms with Crippen LogP contribution in [0.25, 0.3) is 0 Å². The summed E-state index contributed by atoms with van der Waals surface area (Å²) >= 11 is 0. The average molecular weight is 152 g/mol. The summed E-state index contributed by atoms with van der Waals surface area (Å²) in [6.07, 6.45) is 1.47. The van der Waals surface area contributed by atoms with Gasteiger partial charge < -0.3 is 15.9 Å². The zero-order valence-corrected chi connectivity index (χ0v) is 5.74. The van der Waals surface area contributed by atoms with E-state index in [1.54, 1.807) is 12.1 Å². The molecular formula is C6H8N4O. The molecular weight excluding hydrogens is 144 g/mol. The van der Waals surface area contributed by atoms with Crippen molar-refractivity contribution in [1.82, 2.24) is 0 Å². The van der Waals surface area contributed by atoms with Crippen LogP contribution in [0.3, 0.4) is 0 Å². The Bertz CT molecular complexity index is 275. The first-order valence-electron chi connectivity index (χ1n) is 2.92. The van der Waals surface area contributed by atoms with Gasteiger partial charge in [-0.25, -0.2) is 0 Å². The Kier molecular flexibility index (Phi) is 1.91. The molecule has 0 bridgehead atoms. The van der Waals surface area contributed by atoms with Crippen LogP contribution >= 0.6 is 0 Å². The highest BCUT2D eigenvalue weighted by Gasteiger charge is 1.99. The van der Waals surface area contributed by atoms with Gasteiger partial charge in [0.15, 0.2) is 11.6 Å². The lowest BCUT2D eigenvalue weighted by Gasteiger charge is -1.92. The van der Waals surface area contributed by atoms with Crippen LogP contribution in [-0.2, 0) is 0 Å². The molecule has 1 aromatic heterocycles.